The normalized spacial score (nSPS) is 16.0. The molecule has 2 atom stereocenters. The molecule has 1 saturated heterocycles. The molecule has 1 aromatic rings. The second-order valence-electron chi connectivity index (χ2n) is 11.8. The number of nitrogens with zero attached hydrogens (tertiary/aromatic N) is 3. The Morgan fingerprint density at radius 2 is 1.85 bits per heavy atom. The third-order valence-corrected chi connectivity index (χ3v) is 6.48. The smallest absolute Gasteiger partial charge is 0.258 e. The number of nitriles is 1. The summed E-state index contributed by atoms with van der Waals surface area (Å²) in [5, 5.41) is 15.0. The molecule has 0 aliphatic carbocycles. The zero-order valence-corrected chi connectivity index (χ0v) is 24.5. The Kier molecular flexibility index (Phi) is 10.9. The van der Waals surface area contributed by atoms with Crippen molar-refractivity contribution in [1.82, 2.24) is 20.4 Å². The van der Waals surface area contributed by atoms with Gasteiger partial charge in [-0.1, -0.05) is 13.8 Å². The summed E-state index contributed by atoms with van der Waals surface area (Å²) in [6.45, 7) is 13.4. The van der Waals surface area contributed by atoms with Crippen molar-refractivity contribution >= 4 is 23.6 Å². The molecule has 2 unspecified atom stereocenters. The number of rotatable bonds is 10. The SMILES string of the molecule is CC(C)CC(NC(=O)c1cc(C#N)ccc1OCC(=O)NC(C)(C)C)C(=O)N1CCCC1C(=O)N(C)C(C)C. The molecular formula is C29H43N5O5. The van der Waals surface area contributed by atoms with Crippen LogP contribution in [0.1, 0.15) is 83.7 Å². The van der Waals surface area contributed by atoms with E-state index in [9.17, 15) is 24.4 Å². The van der Waals surface area contributed by atoms with Crippen molar-refractivity contribution < 1.29 is 23.9 Å². The van der Waals surface area contributed by atoms with E-state index < -0.39 is 23.5 Å². The number of benzene rings is 1. The Hall–Kier alpha value is -3.61. The molecule has 0 spiro atoms. The van der Waals surface area contributed by atoms with Gasteiger partial charge in [-0.15, -0.1) is 0 Å². The lowest BCUT2D eigenvalue weighted by Crippen LogP contribution is -2.54. The molecule has 0 saturated carbocycles. The minimum absolute atomic E-state index is 0.00229. The van der Waals surface area contributed by atoms with Crippen LogP contribution in [0.4, 0.5) is 0 Å². The first-order valence-corrected chi connectivity index (χ1v) is 13.5. The molecule has 0 radical (unpaired) electrons. The predicted octanol–water partition coefficient (Wildman–Crippen LogP) is 2.85. The lowest BCUT2D eigenvalue weighted by atomic mass is 10.0. The monoisotopic (exact) mass is 541 g/mol. The van der Waals surface area contributed by atoms with E-state index >= 15 is 0 Å². The molecule has 1 aromatic carbocycles. The van der Waals surface area contributed by atoms with Crippen LogP contribution >= 0.6 is 0 Å². The molecule has 2 rings (SSSR count). The highest BCUT2D eigenvalue weighted by Gasteiger charge is 2.39. The molecule has 1 fully saturated rings. The quantitative estimate of drug-likeness (QED) is 0.468. The van der Waals surface area contributed by atoms with Gasteiger partial charge in [0.2, 0.25) is 11.8 Å². The Bertz CT molecular complexity index is 1100. The number of ether oxygens (including phenoxy) is 1. The van der Waals surface area contributed by atoms with E-state index in [0.717, 1.165) is 0 Å². The van der Waals surface area contributed by atoms with Gasteiger partial charge in [-0.05, 0) is 78.0 Å². The highest BCUT2D eigenvalue weighted by molar-refractivity contribution is 6.00. The molecule has 10 heteroatoms. The van der Waals surface area contributed by atoms with Gasteiger partial charge >= 0.3 is 0 Å². The summed E-state index contributed by atoms with van der Waals surface area (Å²) < 4.78 is 5.66. The standard InChI is InChI=1S/C29H43N5O5/c1-18(2)14-22(27(37)34-13-9-10-23(34)28(38)33(8)19(3)4)31-26(36)21-15-20(16-30)11-12-24(21)39-17-25(35)32-29(5,6)7/h11-12,15,18-19,22-23H,9-10,13-14,17H2,1-8H3,(H,31,36)(H,32,35). The van der Waals surface area contributed by atoms with E-state index in [2.05, 4.69) is 10.6 Å². The first-order valence-electron chi connectivity index (χ1n) is 13.5. The van der Waals surface area contributed by atoms with Gasteiger partial charge in [-0.3, -0.25) is 19.2 Å². The van der Waals surface area contributed by atoms with Crippen LogP contribution in [0.3, 0.4) is 0 Å². The van der Waals surface area contributed by atoms with Crippen molar-refractivity contribution in [2.45, 2.75) is 91.4 Å². The Labute approximate surface area is 232 Å². The number of hydrogen-bond acceptors (Lipinski definition) is 6. The van der Waals surface area contributed by atoms with Crippen LogP contribution < -0.4 is 15.4 Å². The second kappa shape index (κ2) is 13.5. The van der Waals surface area contributed by atoms with Gasteiger partial charge < -0.3 is 25.2 Å². The third-order valence-electron chi connectivity index (χ3n) is 6.48. The van der Waals surface area contributed by atoms with Crippen molar-refractivity contribution in [2.24, 2.45) is 5.92 Å². The second-order valence-corrected chi connectivity index (χ2v) is 11.8. The molecule has 214 valence electrons. The van der Waals surface area contributed by atoms with Crippen LogP contribution in [0.25, 0.3) is 0 Å². The fourth-order valence-electron chi connectivity index (χ4n) is 4.41. The number of carbonyl (C=O) groups excluding carboxylic acids is 4. The van der Waals surface area contributed by atoms with Gasteiger partial charge in [0.1, 0.15) is 17.8 Å². The maximum absolute atomic E-state index is 13.7. The van der Waals surface area contributed by atoms with Gasteiger partial charge in [0.05, 0.1) is 17.2 Å². The summed E-state index contributed by atoms with van der Waals surface area (Å²) in [5.74, 6) is -1.18. The molecule has 10 nitrogen and oxygen atoms in total. The topological polar surface area (TPSA) is 132 Å². The molecule has 0 aromatic heterocycles. The lowest BCUT2D eigenvalue weighted by Gasteiger charge is -2.33. The Morgan fingerprint density at radius 3 is 2.41 bits per heavy atom. The summed E-state index contributed by atoms with van der Waals surface area (Å²) in [4.78, 5) is 55.8. The molecule has 2 N–H and O–H groups in total. The highest BCUT2D eigenvalue weighted by atomic mass is 16.5. The van der Waals surface area contributed by atoms with Crippen molar-refractivity contribution in [2.75, 3.05) is 20.2 Å². The van der Waals surface area contributed by atoms with Gasteiger partial charge in [0.15, 0.2) is 6.61 Å². The number of carbonyl (C=O) groups is 4. The highest BCUT2D eigenvalue weighted by Crippen LogP contribution is 2.24. The van der Waals surface area contributed by atoms with Crippen molar-refractivity contribution in [3.63, 3.8) is 0 Å². The number of likely N-dealkylation sites (tertiary alicyclic amines) is 1. The Balaban J connectivity index is 2.29. The summed E-state index contributed by atoms with van der Waals surface area (Å²) in [6.07, 6.45) is 1.64. The fraction of sp³-hybridized carbons (Fsp3) is 0.621. The zero-order chi connectivity index (χ0) is 29.5. The minimum Gasteiger partial charge on any atom is -0.483 e. The third kappa shape index (κ3) is 8.98. The van der Waals surface area contributed by atoms with Crippen molar-refractivity contribution in [3.8, 4) is 11.8 Å². The van der Waals surface area contributed by atoms with Gasteiger partial charge in [-0.25, -0.2) is 0 Å². The summed E-state index contributed by atoms with van der Waals surface area (Å²) in [7, 11) is 1.73. The van der Waals surface area contributed by atoms with E-state index in [1.807, 2.05) is 54.5 Å². The van der Waals surface area contributed by atoms with E-state index in [1.54, 1.807) is 16.8 Å². The molecule has 1 heterocycles. The average Bonchev–Trinajstić information content (AvgIpc) is 3.34. The number of amides is 4. The van der Waals surface area contributed by atoms with E-state index in [-0.39, 0.29) is 53.2 Å². The number of nitrogens with one attached hydrogen (secondary N) is 2. The fourth-order valence-corrected chi connectivity index (χ4v) is 4.41. The maximum atomic E-state index is 13.7. The minimum atomic E-state index is -0.877. The zero-order valence-electron chi connectivity index (χ0n) is 24.5. The van der Waals surface area contributed by atoms with E-state index in [4.69, 9.17) is 4.74 Å². The molecular weight excluding hydrogens is 498 g/mol. The molecule has 1 aliphatic rings. The maximum Gasteiger partial charge on any atom is 0.258 e. The predicted molar refractivity (Wildman–Crippen MR) is 148 cm³/mol. The molecule has 1 aliphatic heterocycles. The van der Waals surface area contributed by atoms with Gasteiger partial charge in [0.25, 0.3) is 11.8 Å². The summed E-state index contributed by atoms with van der Waals surface area (Å²) in [5.41, 5.74) is -0.165. The first-order chi connectivity index (χ1) is 18.1. The van der Waals surface area contributed by atoms with Crippen LogP contribution in [-0.2, 0) is 14.4 Å². The molecule has 0 bridgehead atoms. The van der Waals surface area contributed by atoms with E-state index in [0.29, 0.717) is 25.8 Å². The molecule has 39 heavy (non-hydrogen) atoms. The lowest BCUT2D eigenvalue weighted by molar-refractivity contribution is -0.145. The van der Waals surface area contributed by atoms with Crippen LogP contribution in [0.5, 0.6) is 5.75 Å². The number of hydrogen-bond donors (Lipinski definition) is 2. The summed E-state index contributed by atoms with van der Waals surface area (Å²) >= 11 is 0. The average molecular weight is 542 g/mol. The van der Waals surface area contributed by atoms with Crippen LogP contribution in [0.2, 0.25) is 0 Å². The van der Waals surface area contributed by atoms with Crippen LogP contribution in [-0.4, -0.2) is 77.3 Å². The van der Waals surface area contributed by atoms with Gasteiger partial charge in [0, 0.05) is 25.2 Å². The van der Waals surface area contributed by atoms with Gasteiger partial charge in [-0.2, -0.15) is 5.26 Å². The van der Waals surface area contributed by atoms with Crippen molar-refractivity contribution in [3.05, 3.63) is 29.3 Å². The van der Waals surface area contributed by atoms with E-state index in [1.165, 1.54) is 18.2 Å². The Morgan fingerprint density at radius 1 is 1.18 bits per heavy atom. The summed E-state index contributed by atoms with van der Waals surface area (Å²) in [6, 6.07) is 4.89. The van der Waals surface area contributed by atoms with Crippen LogP contribution in [0, 0.1) is 17.2 Å². The largest absolute Gasteiger partial charge is 0.483 e. The van der Waals surface area contributed by atoms with Crippen LogP contribution in [0.15, 0.2) is 18.2 Å². The number of likely N-dealkylation sites (N-methyl/N-ethyl adjacent to an activating group) is 1. The first kappa shape index (κ1) is 31.6. The van der Waals surface area contributed by atoms with Crippen molar-refractivity contribution in [1.29, 1.82) is 5.26 Å². The molecule has 4 amide bonds.